The van der Waals surface area contributed by atoms with Gasteiger partial charge in [-0.05, 0) is 18.6 Å². The zero-order chi connectivity index (χ0) is 18.9. The molecule has 0 spiro atoms. The van der Waals surface area contributed by atoms with Crippen molar-refractivity contribution in [1.29, 1.82) is 0 Å². The lowest BCUT2D eigenvalue weighted by Gasteiger charge is -2.14. The van der Waals surface area contributed by atoms with Gasteiger partial charge >= 0.3 is 6.18 Å². The fourth-order valence-corrected chi connectivity index (χ4v) is 3.45. The minimum Gasteiger partial charge on any atom is -0.258 e. The Kier molecular flexibility index (Phi) is 4.82. The summed E-state index contributed by atoms with van der Waals surface area (Å²) in [5.41, 5.74) is 0.752. The number of nitro groups is 1. The number of benzene rings is 2. The summed E-state index contributed by atoms with van der Waals surface area (Å²) in [6.07, 6.45) is -4.66. The second-order valence-electron chi connectivity index (χ2n) is 5.48. The van der Waals surface area contributed by atoms with E-state index in [4.69, 9.17) is 0 Å². The Morgan fingerprint density at radius 1 is 1.12 bits per heavy atom. The Morgan fingerprint density at radius 3 is 2.54 bits per heavy atom. The molecule has 0 aliphatic heterocycles. The molecule has 134 valence electrons. The Bertz CT molecular complexity index is 979. The van der Waals surface area contributed by atoms with Gasteiger partial charge in [-0.2, -0.15) is 13.2 Å². The standard InChI is InChI=1S/C17H12F3N3O2S/c1-10(11-5-4-6-12(9-11)23(24)25)26-15-13-7-2-3-8-14(13)21-16(22-15)17(18,19)20/h2-10H,1H3/t10-/m1/s1. The van der Waals surface area contributed by atoms with Gasteiger partial charge < -0.3 is 0 Å². The van der Waals surface area contributed by atoms with Crippen LogP contribution in [0.25, 0.3) is 10.9 Å². The molecule has 0 bridgehead atoms. The molecule has 3 rings (SSSR count). The number of hydrogen-bond donors (Lipinski definition) is 0. The maximum atomic E-state index is 13.1. The summed E-state index contributed by atoms with van der Waals surface area (Å²) < 4.78 is 39.3. The number of hydrogen-bond acceptors (Lipinski definition) is 5. The summed E-state index contributed by atoms with van der Waals surface area (Å²) in [5, 5.41) is 11.3. The van der Waals surface area contributed by atoms with Gasteiger partial charge in [0.25, 0.3) is 5.69 Å². The maximum Gasteiger partial charge on any atom is 0.451 e. The average Bonchev–Trinajstić information content (AvgIpc) is 2.61. The molecule has 1 aromatic heterocycles. The minimum absolute atomic E-state index is 0.0709. The first-order valence-corrected chi connectivity index (χ1v) is 8.38. The summed E-state index contributed by atoms with van der Waals surface area (Å²) in [4.78, 5) is 17.7. The number of nitro benzene ring substituents is 1. The van der Waals surface area contributed by atoms with Gasteiger partial charge in [-0.25, -0.2) is 9.97 Å². The van der Waals surface area contributed by atoms with Crippen LogP contribution in [-0.4, -0.2) is 14.9 Å². The number of non-ortho nitro benzene ring substituents is 1. The summed E-state index contributed by atoms with van der Waals surface area (Å²) in [7, 11) is 0. The first-order valence-electron chi connectivity index (χ1n) is 7.50. The molecule has 0 N–H and O–H groups in total. The third-order valence-electron chi connectivity index (χ3n) is 3.66. The average molecular weight is 379 g/mol. The first kappa shape index (κ1) is 18.1. The van der Waals surface area contributed by atoms with Gasteiger partial charge in [0.1, 0.15) is 5.03 Å². The molecule has 9 heteroatoms. The predicted molar refractivity (Wildman–Crippen MR) is 91.9 cm³/mol. The molecule has 0 aliphatic rings. The van der Waals surface area contributed by atoms with Crippen LogP contribution in [0.1, 0.15) is 23.6 Å². The molecule has 2 aromatic carbocycles. The Hall–Kier alpha value is -2.68. The monoisotopic (exact) mass is 379 g/mol. The molecule has 5 nitrogen and oxygen atoms in total. The summed E-state index contributed by atoms with van der Waals surface area (Å²) in [6, 6.07) is 12.5. The molecule has 26 heavy (non-hydrogen) atoms. The van der Waals surface area contributed by atoms with Gasteiger partial charge in [-0.15, -0.1) is 0 Å². The number of para-hydroxylation sites is 1. The van der Waals surface area contributed by atoms with E-state index in [0.29, 0.717) is 10.9 Å². The lowest BCUT2D eigenvalue weighted by molar-refractivity contribution is -0.384. The molecule has 0 unspecified atom stereocenters. The molecule has 1 heterocycles. The van der Waals surface area contributed by atoms with Crippen molar-refractivity contribution in [2.45, 2.75) is 23.4 Å². The van der Waals surface area contributed by atoms with E-state index in [2.05, 4.69) is 9.97 Å². The highest BCUT2D eigenvalue weighted by molar-refractivity contribution is 7.99. The number of fused-ring (bicyclic) bond motifs is 1. The van der Waals surface area contributed by atoms with Crippen LogP contribution < -0.4 is 0 Å². The van der Waals surface area contributed by atoms with Crippen LogP contribution in [0.5, 0.6) is 0 Å². The molecular formula is C17H12F3N3O2S. The van der Waals surface area contributed by atoms with Crippen LogP contribution in [0, 0.1) is 10.1 Å². The highest BCUT2D eigenvalue weighted by Crippen LogP contribution is 2.39. The number of aromatic nitrogens is 2. The number of thioether (sulfide) groups is 1. The van der Waals surface area contributed by atoms with E-state index in [-0.39, 0.29) is 21.5 Å². The molecule has 0 radical (unpaired) electrons. The lowest BCUT2D eigenvalue weighted by atomic mass is 10.1. The van der Waals surface area contributed by atoms with Crippen LogP contribution in [-0.2, 0) is 6.18 Å². The van der Waals surface area contributed by atoms with Crippen molar-refractivity contribution >= 4 is 28.4 Å². The highest BCUT2D eigenvalue weighted by Gasteiger charge is 2.35. The SMILES string of the molecule is C[C@@H](Sc1nc(C(F)(F)F)nc2ccccc12)c1cccc([N+](=O)[O-])c1. The van der Waals surface area contributed by atoms with Crippen LogP contribution in [0.15, 0.2) is 53.6 Å². The molecule has 0 aliphatic carbocycles. The van der Waals surface area contributed by atoms with E-state index < -0.39 is 16.9 Å². The zero-order valence-electron chi connectivity index (χ0n) is 13.4. The van der Waals surface area contributed by atoms with Gasteiger partial charge in [0.15, 0.2) is 0 Å². The van der Waals surface area contributed by atoms with E-state index in [1.807, 2.05) is 0 Å². The largest absolute Gasteiger partial charge is 0.451 e. The summed E-state index contributed by atoms with van der Waals surface area (Å²) >= 11 is 1.10. The van der Waals surface area contributed by atoms with Gasteiger partial charge in [-0.1, -0.05) is 42.1 Å². The summed E-state index contributed by atoms with van der Waals surface area (Å²) in [6.45, 7) is 1.76. The number of alkyl halides is 3. The van der Waals surface area contributed by atoms with Gasteiger partial charge in [0.2, 0.25) is 5.82 Å². The third kappa shape index (κ3) is 3.77. The predicted octanol–water partition coefficient (Wildman–Crippen LogP) is 5.41. The van der Waals surface area contributed by atoms with Gasteiger partial charge in [-0.3, -0.25) is 10.1 Å². The molecule has 3 aromatic rings. The molecule has 1 atom stereocenters. The molecule has 0 fully saturated rings. The lowest BCUT2D eigenvalue weighted by Crippen LogP contribution is -2.12. The second kappa shape index (κ2) is 6.91. The third-order valence-corrected chi connectivity index (χ3v) is 4.82. The van der Waals surface area contributed by atoms with E-state index in [1.54, 1.807) is 37.3 Å². The van der Waals surface area contributed by atoms with Crippen molar-refractivity contribution in [3.8, 4) is 0 Å². The van der Waals surface area contributed by atoms with Crippen molar-refractivity contribution in [1.82, 2.24) is 9.97 Å². The fourth-order valence-electron chi connectivity index (χ4n) is 2.39. The molecular weight excluding hydrogens is 367 g/mol. The van der Waals surface area contributed by atoms with E-state index in [0.717, 1.165) is 11.8 Å². The topological polar surface area (TPSA) is 68.9 Å². The van der Waals surface area contributed by atoms with Crippen molar-refractivity contribution in [3.63, 3.8) is 0 Å². The number of rotatable bonds is 4. The zero-order valence-corrected chi connectivity index (χ0v) is 14.2. The smallest absolute Gasteiger partial charge is 0.258 e. The van der Waals surface area contributed by atoms with Crippen molar-refractivity contribution in [3.05, 3.63) is 70.0 Å². The maximum absolute atomic E-state index is 13.1. The number of halogens is 3. The van der Waals surface area contributed by atoms with Crippen LogP contribution >= 0.6 is 11.8 Å². The quantitative estimate of drug-likeness (QED) is 0.262. The van der Waals surface area contributed by atoms with E-state index >= 15 is 0 Å². The first-order chi connectivity index (χ1) is 12.3. The fraction of sp³-hybridized carbons (Fsp3) is 0.176. The van der Waals surface area contributed by atoms with E-state index in [1.165, 1.54) is 18.2 Å². The van der Waals surface area contributed by atoms with Crippen molar-refractivity contribution < 1.29 is 18.1 Å². The van der Waals surface area contributed by atoms with Crippen LogP contribution in [0.3, 0.4) is 0 Å². The minimum atomic E-state index is -4.66. The Morgan fingerprint density at radius 2 is 1.85 bits per heavy atom. The normalized spacial score (nSPS) is 12.9. The van der Waals surface area contributed by atoms with Gasteiger partial charge in [0, 0.05) is 22.8 Å². The van der Waals surface area contributed by atoms with Crippen molar-refractivity contribution in [2.75, 3.05) is 0 Å². The number of nitrogens with zero attached hydrogens (tertiary/aromatic N) is 3. The van der Waals surface area contributed by atoms with Gasteiger partial charge in [0.05, 0.1) is 10.4 Å². The van der Waals surface area contributed by atoms with Crippen molar-refractivity contribution in [2.24, 2.45) is 0 Å². The molecule has 0 amide bonds. The van der Waals surface area contributed by atoms with E-state index in [9.17, 15) is 23.3 Å². The van der Waals surface area contributed by atoms with Crippen LogP contribution in [0.4, 0.5) is 18.9 Å². The second-order valence-corrected chi connectivity index (χ2v) is 6.81. The molecule has 0 saturated carbocycles. The molecule has 0 saturated heterocycles. The highest BCUT2D eigenvalue weighted by atomic mass is 32.2. The van der Waals surface area contributed by atoms with Crippen LogP contribution in [0.2, 0.25) is 0 Å². The summed E-state index contributed by atoms with van der Waals surface area (Å²) in [5.74, 6) is -1.20. The Labute approximate surface area is 150 Å². The Balaban J connectivity index is 2.02.